The van der Waals surface area contributed by atoms with E-state index in [1.807, 2.05) is 0 Å². The second-order valence-corrected chi connectivity index (χ2v) is 8.17. The molecule has 2 aliphatic heterocycles. The number of sulfonamides is 1. The molecule has 0 bridgehead atoms. The zero-order valence-corrected chi connectivity index (χ0v) is 12.6. The number of carbonyl (C=O) groups excluding carboxylic acids is 2. The summed E-state index contributed by atoms with van der Waals surface area (Å²) in [7, 11) is -3.59. The third-order valence-electron chi connectivity index (χ3n) is 3.78. The molecule has 0 unspecified atom stereocenters. The first-order valence-electron chi connectivity index (χ1n) is 6.31. The predicted octanol–water partition coefficient (Wildman–Crippen LogP) is -0.307. The summed E-state index contributed by atoms with van der Waals surface area (Å²) in [4.78, 5) is 23.1. The van der Waals surface area contributed by atoms with Crippen LogP contribution in [-0.4, -0.2) is 43.3 Å². The van der Waals surface area contributed by atoms with Gasteiger partial charge in [0.1, 0.15) is 9.75 Å². The van der Waals surface area contributed by atoms with E-state index in [-0.39, 0.29) is 36.0 Å². The molecule has 2 saturated heterocycles. The molecule has 3 amide bonds. The molecule has 10 heteroatoms. The van der Waals surface area contributed by atoms with Gasteiger partial charge in [-0.25, -0.2) is 13.2 Å². The minimum atomic E-state index is -3.59. The fraction of sp³-hybridized carbons (Fsp3) is 0.455. The van der Waals surface area contributed by atoms with E-state index < -0.39 is 21.6 Å². The summed E-state index contributed by atoms with van der Waals surface area (Å²) in [5.41, 5.74) is 5.00. The Labute approximate surface area is 125 Å². The maximum absolute atomic E-state index is 12.4. The Bertz CT molecular complexity index is 704. The van der Waals surface area contributed by atoms with E-state index in [0.717, 1.165) is 11.3 Å². The van der Waals surface area contributed by atoms with Gasteiger partial charge in [-0.15, -0.1) is 11.3 Å². The number of nitrogen functional groups attached to an aromatic ring is 1. The lowest BCUT2D eigenvalue weighted by Gasteiger charge is -2.35. The lowest BCUT2D eigenvalue weighted by molar-refractivity contribution is -0.125. The molecule has 1 spiro atoms. The van der Waals surface area contributed by atoms with Crippen LogP contribution in [0.2, 0.25) is 0 Å². The van der Waals surface area contributed by atoms with E-state index in [1.165, 1.54) is 10.4 Å². The smallest absolute Gasteiger partial charge is 0.322 e. The molecule has 3 rings (SSSR count). The second kappa shape index (κ2) is 4.68. The first kappa shape index (κ1) is 14.3. The van der Waals surface area contributed by atoms with Gasteiger partial charge in [-0.1, -0.05) is 0 Å². The molecule has 114 valence electrons. The topological polar surface area (TPSA) is 122 Å². The number of amides is 3. The van der Waals surface area contributed by atoms with Crippen molar-refractivity contribution in [3.05, 3.63) is 11.4 Å². The Morgan fingerprint density at radius 1 is 1.29 bits per heavy atom. The highest BCUT2D eigenvalue weighted by molar-refractivity contribution is 7.91. The fourth-order valence-electron chi connectivity index (χ4n) is 2.58. The molecule has 2 aliphatic rings. The highest BCUT2D eigenvalue weighted by Gasteiger charge is 2.49. The average Bonchev–Trinajstić information content (AvgIpc) is 2.96. The molecule has 4 N–H and O–H groups in total. The van der Waals surface area contributed by atoms with Gasteiger partial charge in [-0.3, -0.25) is 10.1 Å². The number of thiophene rings is 1. The van der Waals surface area contributed by atoms with Gasteiger partial charge in [-0.05, 0) is 18.9 Å². The zero-order chi connectivity index (χ0) is 15.3. The van der Waals surface area contributed by atoms with Crippen LogP contribution in [0.25, 0.3) is 0 Å². The van der Waals surface area contributed by atoms with Crippen molar-refractivity contribution in [2.45, 2.75) is 22.6 Å². The molecule has 0 aliphatic carbocycles. The first-order chi connectivity index (χ1) is 9.83. The molecule has 1 aromatic heterocycles. The van der Waals surface area contributed by atoms with E-state index >= 15 is 0 Å². The van der Waals surface area contributed by atoms with Gasteiger partial charge in [0.05, 0.1) is 0 Å². The molecule has 0 atom stereocenters. The van der Waals surface area contributed by atoms with Gasteiger partial charge >= 0.3 is 6.03 Å². The minimum absolute atomic E-state index is 0.174. The lowest BCUT2D eigenvalue weighted by Crippen LogP contribution is -2.55. The first-order valence-corrected chi connectivity index (χ1v) is 8.63. The number of carbonyl (C=O) groups is 2. The average molecular weight is 330 g/mol. The van der Waals surface area contributed by atoms with Crippen LogP contribution < -0.4 is 16.4 Å². The van der Waals surface area contributed by atoms with Crippen LogP contribution in [0.15, 0.2) is 15.7 Å². The normalized spacial score (nSPS) is 22.3. The van der Waals surface area contributed by atoms with Crippen molar-refractivity contribution in [1.29, 1.82) is 0 Å². The third-order valence-corrected chi connectivity index (χ3v) is 7.11. The molecular weight excluding hydrogens is 316 g/mol. The number of piperidine rings is 1. The number of imide groups is 1. The highest BCUT2D eigenvalue weighted by atomic mass is 32.2. The number of rotatable bonds is 2. The molecular formula is C11H14N4O4S2. The van der Waals surface area contributed by atoms with E-state index in [4.69, 9.17) is 5.73 Å². The Kier molecular flexibility index (Phi) is 3.19. The lowest BCUT2D eigenvalue weighted by atomic mass is 9.89. The van der Waals surface area contributed by atoms with Crippen molar-refractivity contribution in [3.63, 3.8) is 0 Å². The van der Waals surface area contributed by atoms with Crippen molar-refractivity contribution in [1.82, 2.24) is 14.9 Å². The fourth-order valence-corrected chi connectivity index (χ4v) is 5.26. The summed E-state index contributed by atoms with van der Waals surface area (Å²) in [6.07, 6.45) is 0.509. The van der Waals surface area contributed by atoms with Crippen LogP contribution in [0, 0.1) is 0 Å². The number of urea groups is 1. The summed E-state index contributed by atoms with van der Waals surface area (Å²) in [5, 5.41) is 6.36. The number of anilines is 1. The van der Waals surface area contributed by atoms with E-state index in [0.29, 0.717) is 5.69 Å². The van der Waals surface area contributed by atoms with Crippen LogP contribution in [0.5, 0.6) is 0 Å². The number of nitrogens with zero attached hydrogens (tertiary/aromatic N) is 1. The number of nitrogens with one attached hydrogen (secondary N) is 2. The molecule has 8 nitrogen and oxygen atoms in total. The standard InChI is InChI=1S/C11H14N4O4S2/c12-7-5-8(20-6-7)21(18,19)15-3-1-11(2-4-15)9(16)13-10(17)14-11/h5-6H,1-4,12H2,(H2,13,14,16,17). The highest BCUT2D eigenvalue weighted by Crippen LogP contribution is 2.31. The van der Waals surface area contributed by atoms with Gasteiger partial charge in [0.2, 0.25) is 0 Å². The van der Waals surface area contributed by atoms with Gasteiger partial charge < -0.3 is 11.1 Å². The number of hydrogen-bond donors (Lipinski definition) is 3. The van der Waals surface area contributed by atoms with Gasteiger partial charge in [-0.2, -0.15) is 4.31 Å². The molecule has 1 aromatic rings. The maximum Gasteiger partial charge on any atom is 0.322 e. The van der Waals surface area contributed by atoms with E-state index in [2.05, 4.69) is 10.6 Å². The van der Waals surface area contributed by atoms with Crippen LogP contribution in [0.4, 0.5) is 10.5 Å². The zero-order valence-electron chi connectivity index (χ0n) is 11.0. The summed E-state index contributed by atoms with van der Waals surface area (Å²) in [6, 6.07) is 0.899. The molecule has 0 aromatic carbocycles. The van der Waals surface area contributed by atoms with Crippen LogP contribution >= 0.6 is 11.3 Å². The van der Waals surface area contributed by atoms with Gasteiger partial charge in [0.15, 0.2) is 0 Å². The third kappa shape index (κ3) is 2.28. The van der Waals surface area contributed by atoms with Gasteiger partial charge in [0.25, 0.3) is 15.9 Å². The van der Waals surface area contributed by atoms with Crippen molar-refractivity contribution in [2.75, 3.05) is 18.8 Å². The molecule has 2 fully saturated rings. The Morgan fingerprint density at radius 2 is 1.95 bits per heavy atom. The minimum Gasteiger partial charge on any atom is -0.398 e. The van der Waals surface area contributed by atoms with Crippen LogP contribution in [0.3, 0.4) is 0 Å². The molecule has 0 saturated carbocycles. The molecule has 21 heavy (non-hydrogen) atoms. The Morgan fingerprint density at radius 3 is 2.43 bits per heavy atom. The largest absolute Gasteiger partial charge is 0.398 e. The van der Waals surface area contributed by atoms with E-state index in [9.17, 15) is 18.0 Å². The SMILES string of the molecule is Nc1csc(S(=O)(=O)N2CCC3(CC2)NC(=O)NC3=O)c1. The molecule has 3 heterocycles. The van der Waals surface area contributed by atoms with E-state index in [1.54, 1.807) is 5.38 Å². The van der Waals surface area contributed by atoms with Crippen molar-refractivity contribution in [2.24, 2.45) is 0 Å². The Balaban J connectivity index is 1.77. The predicted molar refractivity (Wildman–Crippen MR) is 76.1 cm³/mol. The summed E-state index contributed by atoms with van der Waals surface area (Å²) in [6.45, 7) is 0.349. The second-order valence-electron chi connectivity index (χ2n) is 5.09. The summed E-state index contributed by atoms with van der Waals surface area (Å²) >= 11 is 1.07. The Hall–Kier alpha value is -1.65. The maximum atomic E-state index is 12.4. The number of nitrogens with two attached hydrogens (primary N) is 1. The molecule has 0 radical (unpaired) electrons. The monoisotopic (exact) mass is 330 g/mol. The van der Waals surface area contributed by atoms with Crippen LogP contribution in [-0.2, 0) is 14.8 Å². The van der Waals surface area contributed by atoms with Crippen molar-refractivity contribution in [3.8, 4) is 0 Å². The summed E-state index contributed by atoms with van der Waals surface area (Å²) in [5.74, 6) is -0.384. The number of hydrogen-bond acceptors (Lipinski definition) is 6. The summed E-state index contributed by atoms with van der Waals surface area (Å²) < 4.78 is 26.4. The van der Waals surface area contributed by atoms with Crippen molar-refractivity contribution >= 4 is 39.0 Å². The van der Waals surface area contributed by atoms with Gasteiger partial charge in [0, 0.05) is 24.2 Å². The van der Waals surface area contributed by atoms with Crippen molar-refractivity contribution < 1.29 is 18.0 Å². The quantitative estimate of drug-likeness (QED) is 0.642. The van der Waals surface area contributed by atoms with Crippen LogP contribution in [0.1, 0.15) is 12.8 Å².